The van der Waals surface area contributed by atoms with E-state index in [4.69, 9.17) is 0 Å². The molecule has 0 bridgehead atoms. The van der Waals surface area contributed by atoms with Crippen LogP contribution >= 0.6 is 11.8 Å². The van der Waals surface area contributed by atoms with Crippen LogP contribution < -0.4 is 10.6 Å². The van der Waals surface area contributed by atoms with Crippen molar-refractivity contribution in [2.24, 2.45) is 9.98 Å². The first-order valence-corrected chi connectivity index (χ1v) is 8.66. The summed E-state index contributed by atoms with van der Waals surface area (Å²) in [7, 11) is 0. The molecule has 1 aromatic rings. The minimum Gasteiger partial charge on any atom is -0.384 e. The number of aliphatic imine (C=N–C) groups is 2. The number of fused-ring (bicyclic) bond motifs is 1. The largest absolute Gasteiger partial charge is 0.384 e. The van der Waals surface area contributed by atoms with Gasteiger partial charge < -0.3 is 10.6 Å². The van der Waals surface area contributed by atoms with Gasteiger partial charge in [-0.2, -0.15) is 5.26 Å². The molecule has 0 radical (unpaired) electrons. The Hall–Kier alpha value is -2.10. The van der Waals surface area contributed by atoms with Gasteiger partial charge in [0, 0.05) is 25.3 Å². The molecule has 2 N–H and O–H groups in total. The van der Waals surface area contributed by atoms with Crippen LogP contribution in [0, 0.1) is 11.3 Å². The van der Waals surface area contributed by atoms with Crippen molar-refractivity contribution in [2.75, 3.05) is 24.7 Å². The van der Waals surface area contributed by atoms with Crippen LogP contribution in [0.1, 0.15) is 30.5 Å². The summed E-state index contributed by atoms with van der Waals surface area (Å²) in [4.78, 5) is 8.13. The minimum absolute atomic E-state index is 0.240. The van der Waals surface area contributed by atoms with Crippen LogP contribution in [0.4, 0.5) is 5.69 Å². The molecule has 6 heteroatoms. The summed E-state index contributed by atoms with van der Waals surface area (Å²) in [6.45, 7) is 7.13. The van der Waals surface area contributed by atoms with Crippen molar-refractivity contribution in [3.05, 3.63) is 41.1 Å². The molecule has 0 saturated carbocycles. The van der Waals surface area contributed by atoms with Crippen LogP contribution in [0.15, 0.2) is 40.0 Å². The first-order chi connectivity index (χ1) is 11.2. The molecule has 0 saturated heterocycles. The Morgan fingerprint density at radius 3 is 3.13 bits per heavy atom. The van der Waals surface area contributed by atoms with Crippen molar-refractivity contribution in [2.45, 2.75) is 19.4 Å². The lowest BCUT2D eigenvalue weighted by Crippen LogP contribution is -2.29. The summed E-state index contributed by atoms with van der Waals surface area (Å²) in [6, 6.07) is 8.35. The van der Waals surface area contributed by atoms with Crippen molar-refractivity contribution < 1.29 is 0 Å². The van der Waals surface area contributed by atoms with Gasteiger partial charge in [0.25, 0.3) is 0 Å². The molecule has 1 aliphatic heterocycles. The predicted molar refractivity (Wildman–Crippen MR) is 99.3 cm³/mol. The average molecular weight is 327 g/mol. The molecule has 5 nitrogen and oxygen atoms in total. The lowest BCUT2D eigenvalue weighted by atomic mass is 9.95. The van der Waals surface area contributed by atoms with Crippen molar-refractivity contribution in [1.82, 2.24) is 5.32 Å². The molecule has 23 heavy (non-hydrogen) atoms. The molecule has 1 heterocycles. The number of benzene rings is 1. The fourth-order valence-corrected chi connectivity index (χ4v) is 2.80. The van der Waals surface area contributed by atoms with E-state index in [2.05, 4.69) is 39.5 Å². The highest BCUT2D eigenvalue weighted by molar-refractivity contribution is 8.13. The summed E-state index contributed by atoms with van der Waals surface area (Å²) in [5.41, 5.74) is 3.94. The van der Waals surface area contributed by atoms with E-state index >= 15 is 0 Å². The monoisotopic (exact) mass is 327 g/mol. The molecule has 1 aromatic carbocycles. The molecule has 120 valence electrons. The summed E-state index contributed by atoms with van der Waals surface area (Å²) >= 11 is 1.47. The SMILES string of the molecule is C=NC(=N/C=C(\C)CNC1CCNc2c(C#N)cccc21)SC. The smallest absolute Gasteiger partial charge is 0.186 e. The highest BCUT2D eigenvalue weighted by Gasteiger charge is 2.21. The van der Waals surface area contributed by atoms with Gasteiger partial charge in [-0.1, -0.05) is 23.9 Å². The summed E-state index contributed by atoms with van der Waals surface area (Å²) in [5.74, 6) is 0. The Bertz CT molecular complexity index is 672. The summed E-state index contributed by atoms with van der Waals surface area (Å²) in [5, 5.41) is 16.8. The van der Waals surface area contributed by atoms with E-state index in [0.29, 0.717) is 10.7 Å². The van der Waals surface area contributed by atoms with E-state index in [9.17, 15) is 5.26 Å². The fourth-order valence-electron chi connectivity index (χ4n) is 2.51. The van der Waals surface area contributed by atoms with Gasteiger partial charge in [-0.3, -0.25) is 0 Å². The van der Waals surface area contributed by atoms with Crippen molar-refractivity contribution in [1.29, 1.82) is 5.26 Å². The maximum Gasteiger partial charge on any atom is 0.186 e. The molecule has 1 aliphatic rings. The molecule has 2 rings (SSSR count). The van der Waals surface area contributed by atoms with Gasteiger partial charge in [-0.15, -0.1) is 0 Å². The number of para-hydroxylation sites is 1. The van der Waals surface area contributed by atoms with E-state index in [0.717, 1.165) is 36.3 Å². The number of hydrogen-bond acceptors (Lipinski definition) is 5. The summed E-state index contributed by atoms with van der Waals surface area (Å²) in [6.07, 6.45) is 4.73. The third-order valence-corrected chi connectivity index (χ3v) is 4.27. The molecule has 0 spiro atoms. The van der Waals surface area contributed by atoms with E-state index in [1.807, 2.05) is 31.5 Å². The lowest BCUT2D eigenvalue weighted by molar-refractivity contribution is 0.522. The van der Waals surface area contributed by atoms with Gasteiger partial charge in [0.15, 0.2) is 5.17 Å². The Morgan fingerprint density at radius 1 is 1.61 bits per heavy atom. The number of anilines is 1. The zero-order valence-corrected chi connectivity index (χ0v) is 14.3. The highest BCUT2D eigenvalue weighted by atomic mass is 32.2. The zero-order chi connectivity index (χ0) is 16.7. The first-order valence-electron chi connectivity index (χ1n) is 7.44. The molecule has 0 aromatic heterocycles. The third-order valence-electron chi connectivity index (χ3n) is 3.67. The van der Waals surface area contributed by atoms with Gasteiger partial charge in [0.1, 0.15) is 6.07 Å². The van der Waals surface area contributed by atoms with Crippen LogP contribution in [0.3, 0.4) is 0 Å². The second-order valence-electron chi connectivity index (χ2n) is 5.28. The normalized spacial score (nSPS) is 17.9. The third kappa shape index (κ3) is 4.44. The number of nitriles is 1. The fraction of sp³-hybridized carbons (Fsp3) is 0.353. The standard InChI is InChI=1S/C17H21N5S/c1-12(11-22-17(19-2)23-3)10-21-15-7-8-20-16-13(9-18)5-4-6-14(15)16/h4-6,11,15,20-21H,2,7-8,10H2,1,3H3/b12-11+,22-17?. The van der Waals surface area contributed by atoms with Gasteiger partial charge in [-0.05, 0) is 43.5 Å². The van der Waals surface area contributed by atoms with Crippen LogP contribution in [0.2, 0.25) is 0 Å². The van der Waals surface area contributed by atoms with Gasteiger partial charge in [0.2, 0.25) is 0 Å². The maximum absolute atomic E-state index is 9.22. The minimum atomic E-state index is 0.240. The Balaban J connectivity index is 2.06. The number of rotatable bonds is 4. The second kappa shape index (κ2) is 8.51. The topological polar surface area (TPSA) is 72.6 Å². The average Bonchev–Trinajstić information content (AvgIpc) is 2.60. The van der Waals surface area contributed by atoms with E-state index in [1.165, 1.54) is 11.8 Å². The molecule has 1 unspecified atom stereocenters. The number of hydrogen-bond donors (Lipinski definition) is 2. The number of amidine groups is 1. The maximum atomic E-state index is 9.22. The Labute approximate surface area is 141 Å². The number of thioether (sulfide) groups is 1. The van der Waals surface area contributed by atoms with Gasteiger partial charge >= 0.3 is 0 Å². The molecule has 0 fully saturated rings. The number of nitrogens with one attached hydrogen (secondary N) is 2. The van der Waals surface area contributed by atoms with Crippen molar-refractivity contribution in [3.63, 3.8) is 0 Å². The number of nitrogens with zero attached hydrogens (tertiary/aromatic N) is 3. The van der Waals surface area contributed by atoms with E-state index < -0.39 is 0 Å². The van der Waals surface area contributed by atoms with Crippen LogP contribution in [0.5, 0.6) is 0 Å². The van der Waals surface area contributed by atoms with Crippen LogP contribution in [0.25, 0.3) is 0 Å². The zero-order valence-electron chi connectivity index (χ0n) is 13.5. The highest BCUT2D eigenvalue weighted by Crippen LogP contribution is 2.32. The molecule has 0 aliphatic carbocycles. The summed E-state index contributed by atoms with van der Waals surface area (Å²) < 4.78 is 0. The van der Waals surface area contributed by atoms with Crippen molar-refractivity contribution in [3.8, 4) is 6.07 Å². The van der Waals surface area contributed by atoms with Crippen LogP contribution in [-0.4, -0.2) is 31.2 Å². The van der Waals surface area contributed by atoms with Gasteiger partial charge in [-0.25, -0.2) is 9.98 Å². The predicted octanol–water partition coefficient (Wildman–Crippen LogP) is 3.33. The van der Waals surface area contributed by atoms with Gasteiger partial charge in [0.05, 0.1) is 11.3 Å². The first kappa shape index (κ1) is 17.3. The lowest BCUT2D eigenvalue weighted by Gasteiger charge is -2.28. The molecule has 1 atom stereocenters. The Morgan fingerprint density at radius 2 is 2.43 bits per heavy atom. The van der Waals surface area contributed by atoms with Crippen LogP contribution in [-0.2, 0) is 0 Å². The molecular weight excluding hydrogens is 306 g/mol. The molecule has 0 amide bonds. The van der Waals surface area contributed by atoms with E-state index in [-0.39, 0.29) is 6.04 Å². The Kier molecular flexibility index (Phi) is 6.39. The quantitative estimate of drug-likeness (QED) is 0.657. The second-order valence-corrected chi connectivity index (χ2v) is 6.05. The van der Waals surface area contributed by atoms with Crippen molar-refractivity contribution >= 4 is 29.3 Å². The van der Waals surface area contributed by atoms with E-state index in [1.54, 1.807) is 0 Å². The molecular formula is C17H21N5S.